The standard InChI is InChI=1S/C2HF6NO2S/c3-1(4,5)9(12(10)11)2(6,7)8/h(H,10,11). The monoisotopic (exact) mass is 217 g/mol. The highest BCUT2D eigenvalue weighted by molar-refractivity contribution is 7.76. The SMILES string of the molecule is O=S(O)N(C(F)(F)F)C(F)(F)F. The molecule has 12 heavy (non-hydrogen) atoms. The molecule has 3 nitrogen and oxygen atoms in total. The first-order valence-electron chi connectivity index (χ1n) is 2.11. The van der Waals surface area contributed by atoms with Gasteiger partial charge in [0.25, 0.3) is 0 Å². The maximum Gasteiger partial charge on any atom is 0.480 e. The van der Waals surface area contributed by atoms with Gasteiger partial charge in [0.05, 0.1) is 0 Å². The summed E-state index contributed by atoms with van der Waals surface area (Å²) in [5.41, 5.74) is 0. The molecule has 0 aromatic carbocycles. The highest BCUT2D eigenvalue weighted by atomic mass is 32.2. The van der Waals surface area contributed by atoms with Crippen LogP contribution >= 0.6 is 0 Å². The number of rotatable bonds is 1. The van der Waals surface area contributed by atoms with Crippen molar-refractivity contribution in [2.45, 2.75) is 12.6 Å². The minimum Gasteiger partial charge on any atom is -0.293 e. The lowest BCUT2D eigenvalue weighted by Crippen LogP contribution is -2.48. The fourth-order valence-corrected chi connectivity index (χ4v) is 0.675. The minimum atomic E-state index is -5.92. The van der Waals surface area contributed by atoms with Gasteiger partial charge in [-0.25, -0.2) is 4.21 Å². The van der Waals surface area contributed by atoms with Crippen LogP contribution in [0.1, 0.15) is 0 Å². The zero-order chi connectivity index (χ0) is 10.2. The second kappa shape index (κ2) is 3.18. The number of halogens is 6. The summed E-state index contributed by atoms with van der Waals surface area (Å²) in [5, 5.41) is 0. The van der Waals surface area contributed by atoms with Crippen LogP contribution in [0.3, 0.4) is 0 Å². The Labute approximate surface area is 64.4 Å². The maximum absolute atomic E-state index is 11.3. The molecule has 10 heteroatoms. The Bertz CT molecular complexity index is 171. The van der Waals surface area contributed by atoms with Crippen LogP contribution in [0, 0.1) is 0 Å². The third-order valence-electron chi connectivity index (χ3n) is 0.617. The third kappa shape index (κ3) is 2.95. The zero-order valence-corrected chi connectivity index (χ0v) is 5.80. The first kappa shape index (κ1) is 11.6. The average molecular weight is 217 g/mol. The number of alkyl halides is 6. The van der Waals surface area contributed by atoms with Crippen LogP contribution < -0.4 is 0 Å². The van der Waals surface area contributed by atoms with Crippen molar-refractivity contribution < 1.29 is 35.1 Å². The lowest BCUT2D eigenvalue weighted by molar-refractivity contribution is -0.334. The first-order chi connectivity index (χ1) is 5.07. The Morgan fingerprint density at radius 3 is 1.25 bits per heavy atom. The molecule has 0 aromatic heterocycles. The fourth-order valence-electron chi connectivity index (χ4n) is 0.321. The van der Waals surface area contributed by atoms with Crippen molar-refractivity contribution in [3.63, 3.8) is 0 Å². The van der Waals surface area contributed by atoms with Gasteiger partial charge in [-0.2, -0.15) is 26.3 Å². The number of hydrogen-bond donors (Lipinski definition) is 1. The van der Waals surface area contributed by atoms with Crippen LogP contribution in [0.5, 0.6) is 0 Å². The molecular weight excluding hydrogens is 216 g/mol. The Morgan fingerprint density at radius 2 is 1.25 bits per heavy atom. The first-order valence-corrected chi connectivity index (χ1v) is 3.18. The zero-order valence-electron chi connectivity index (χ0n) is 4.98. The molecule has 1 N–H and O–H groups in total. The highest BCUT2D eigenvalue weighted by Crippen LogP contribution is 2.34. The topological polar surface area (TPSA) is 40.5 Å². The Hall–Kier alpha value is -0.350. The molecule has 0 saturated carbocycles. The van der Waals surface area contributed by atoms with Gasteiger partial charge >= 0.3 is 12.6 Å². The predicted molar refractivity (Wildman–Crippen MR) is 24.7 cm³/mol. The molecule has 1 unspecified atom stereocenters. The molecule has 0 aliphatic rings. The van der Waals surface area contributed by atoms with E-state index in [1.807, 2.05) is 0 Å². The largest absolute Gasteiger partial charge is 0.480 e. The van der Waals surface area contributed by atoms with E-state index in [0.29, 0.717) is 0 Å². The van der Waals surface area contributed by atoms with Gasteiger partial charge in [-0.3, -0.25) is 4.55 Å². The van der Waals surface area contributed by atoms with Gasteiger partial charge in [0.2, 0.25) is 11.3 Å². The van der Waals surface area contributed by atoms with Crippen LogP contribution in [0.4, 0.5) is 26.3 Å². The van der Waals surface area contributed by atoms with Crippen molar-refractivity contribution in [3.8, 4) is 0 Å². The van der Waals surface area contributed by atoms with Crippen molar-refractivity contribution in [1.29, 1.82) is 0 Å². The van der Waals surface area contributed by atoms with Crippen LogP contribution in [-0.2, 0) is 11.3 Å². The molecule has 0 aromatic rings. The smallest absolute Gasteiger partial charge is 0.293 e. The molecule has 0 amide bonds. The lowest BCUT2D eigenvalue weighted by Gasteiger charge is -2.21. The molecule has 0 spiro atoms. The molecule has 0 radical (unpaired) electrons. The van der Waals surface area contributed by atoms with E-state index >= 15 is 0 Å². The van der Waals surface area contributed by atoms with Gasteiger partial charge in [0.15, 0.2) is 0 Å². The summed E-state index contributed by atoms with van der Waals surface area (Å²) in [6.45, 7) is 0. The summed E-state index contributed by atoms with van der Waals surface area (Å²) >= 11 is -4.16. The lowest BCUT2D eigenvalue weighted by atomic mass is 11.0. The minimum absolute atomic E-state index is 2.43. The van der Waals surface area contributed by atoms with E-state index < -0.39 is 28.2 Å². The highest BCUT2D eigenvalue weighted by Gasteiger charge is 2.58. The van der Waals surface area contributed by atoms with Crippen molar-refractivity contribution in [2.75, 3.05) is 0 Å². The molecule has 0 aliphatic carbocycles. The second-order valence-electron chi connectivity index (χ2n) is 1.46. The summed E-state index contributed by atoms with van der Waals surface area (Å²) in [6.07, 6.45) is -11.8. The molecule has 74 valence electrons. The van der Waals surface area contributed by atoms with Gasteiger partial charge in [-0.1, -0.05) is 0 Å². The summed E-state index contributed by atoms with van der Waals surface area (Å²) in [7, 11) is 0. The predicted octanol–water partition coefficient (Wildman–Crippen LogP) is 1.46. The third-order valence-corrected chi connectivity index (χ3v) is 1.34. The van der Waals surface area contributed by atoms with Crippen LogP contribution in [0.25, 0.3) is 0 Å². The normalized spacial score (nSPS) is 16.7. The summed E-state index contributed by atoms with van der Waals surface area (Å²) in [5.74, 6) is 0. The molecule has 0 rings (SSSR count). The van der Waals surface area contributed by atoms with Crippen LogP contribution in [-0.4, -0.2) is 25.7 Å². The van der Waals surface area contributed by atoms with Crippen LogP contribution in [0.2, 0.25) is 0 Å². The van der Waals surface area contributed by atoms with E-state index in [4.69, 9.17) is 4.55 Å². The van der Waals surface area contributed by atoms with Gasteiger partial charge in [0.1, 0.15) is 0 Å². The van der Waals surface area contributed by atoms with Crippen molar-refractivity contribution in [3.05, 3.63) is 0 Å². The van der Waals surface area contributed by atoms with Crippen molar-refractivity contribution in [1.82, 2.24) is 4.31 Å². The van der Waals surface area contributed by atoms with Gasteiger partial charge < -0.3 is 0 Å². The Balaban J connectivity index is 4.82. The van der Waals surface area contributed by atoms with E-state index in [9.17, 15) is 30.6 Å². The Kier molecular flexibility index (Phi) is 3.09. The van der Waals surface area contributed by atoms with Crippen LogP contribution in [0.15, 0.2) is 0 Å². The van der Waals surface area contributed by atoms with E-state index in [2.05, 4.69) is 0 Å². The molecule has 1 atom stereocenters. The van der Waals surface area contributed by atoms with Crippen molar-refractivity contribution in [2.24, 2.45) is 0 Å². The van der Waals surface area contributed by atoms with E-state index in [0.717, 1.165) is 0 Å². The summed E-state index contributed by atoms with van der Waals surface area (Å²) in [6, 6.07) is 0. The molecule has 0 aliphatic heterocycles. The quantitative estimate of drug-likeness (QED) is 0.410. The van der Waals surface area contributed by atoms with E-state index in [1.54, 1.807) is 0 Å². The number of hydrogen-bond acceptors (Lipinski definition) is 1. The average Bonchev–Trinajstić information content (AvgIpc) is 1.49. The van der Waals surface area contributed by atoms with Gasteiger partial charge in [-0.05, 0) is 4.31 Å². The molecule has 0 saturated heterocycles. The summed E-state index contributed by atoms with van der Waals surface area (Å²) < 4.78 is 82.7. The molecule has 0 heterocycles. The van der Waals surface area contributed by atoms with Crippen molar-refractivity contribution >= 4 is 11.3 Å². The molecular formula is C2HF6NO2S. The molecule has 0 fully saturated rings. The Morgan fingerprint density at radius 1 is 1.00 bits per heavy atom. The summed E-state index contributed by atoms with van der Waals surface area (Å²) in [4.78, 5) is 0. The fraction of sp³-hybridized carbons (Fsp3) is 1.00. The van der Waals surface area contributed by atoms with E-state index in [-0.39, 0.29) is 0 Å². The molecule has 0 bridgehead atoms. The van der Waals surface area contributed by atoms with Gasteiger partial charge in [0, 0.05) is 0 Å². The second-order valence-corrected chi connectivity index (χ2v) is 2.29. The van der Waals surface area contributed by atoms with Gasteiger partial charge in [-0.15, -0.1) is 0 Å². The van der Waals surface area contributed by atoms with E-state index in [1.165, 1.54) is 0 Å². The maximum atomic E-state index is 11.3. The number of nitrogens with zero attached hydrogens (tertiary/aromatic N) is 1.